The van der Waals surface area contributed by atoms with Gasteiger partial charge in [0.2, 0.25) is 0 Å². The van der Waals surface area contributed by atoms with Gasteiger partial charge >= 0.3 is 5.97 Å². The Morgan fingerprint density at radius 2 is 1.64 bits per heavy atom. The number of carboxylic acid groups (broad SMARTS) is 1. The molecule has 0 unspecified atom stereocenters. The van der Waals surface area contributed by atoms with Gasteiger partial charge in [0.15, 0.2) is 0 Å². The molecule has 0 fully saturated rings. The number of aryl methyl sites for hydroxylation is 2. The Morgan fingerprint density at radius 3 is 2.16 bits per heavy atom. The standard InChI is InChI=1S/C19H21NO5/c1-11-5-14(6-12(2)17(11)25-4)18(21)20-16-8-13(10-24-3)7-15(9-16)19(22)23/h5-9H,10H2,1-4H3,(H,20,21)(H,22,23). The maximum Gasteiger partial charge on any atom is 0.335 e. The lowest BCUT2D eigenvalue weighted by Gasteiger charge is -2.12. The van der Waals surface area contributed by atoms with Gasteiger partial charge in [-0.3, -0.25) is 4.79 Å². The zero-order chi connectivity index (χ0) is 18.6. The van der Waals surface area contributed by atoms with E-state index in [4.69, 9.17) is 9.47 Å². The SMILES string of the molecule is COCc1cc(NC(=O)c2cc(C)c(OC)c(C)c2)cc(C(=O)O)c1. The van der Waals surface area contributed by atoms with Crippen LogP contribution < -0.4 is 10.1 Å². The van der Waals surface area contributed by atoms with E-state index >= 15 is 0 Å². The highest BCUT2D eigenvalue weighted by atomic mass is 16.5. The minimum Gasteiger partial charge on any atom is -0.496 e. The molecule has 0 atom stereocenters. The van der Waals surface area contributed by atoms with Crippen LogP contribution in [0.1, 0.15) is 37.4 Å². The molecule has 0 bridgehead atoms. The Balaban J connectivity index is 2.32. The summed E-state index contributed by atoms with van der Waals surface area (Å²) in [6.45, 7) is 3.99. The van der Waals surface area contributed by atoms with Gasteiger partial charge in [-0.15, -0.1) is 0 Å². The predicted octanol–water partition coefficient (Wildman–Crippen LogP) is 3.41. The summed E-state index contributed by atoms with van der Waals surface area (Å²) < 4.78 is 10.3. The van der Waals surface area contributed by atoms with Crippen molar-refractivity contribution in [1.82, 2.24) is 0 Å². The number of aromatic carboxylic acids is 1. The van der Waals surface area contributed by atoms with Crippen LogP contribution in [0.2, 0.25) is 0 Å². The molecule has 2 rings (SSSR count). The van der Waals surface area contributed by atoms with E-state index in [9.17, 15) is 14.7 Å². The second-order valence-electron chi connectivity index (χ2n) is 5.75. The number of carbonyl (C=O) groups is 2. The van der Waals surface area contributed by atoms with Gasteiger partial charge in [0, 0.05) is 18.4 Å². The number of hydrogen-bond donors (Lipinski definition) is 2. The number of carboxylic acids is 1. The van der Waals surface area contributed by atoms with E-state index in [1.54, 1.807) is 25.3 Å². The van der Waals surface area contributed by atoms with E-state index in [2.05, 4.69) is 5.32 Å². The minimum atomic E-state index is -1.07. The van der Waals surface area contributed by atoms with Gasteiger partial charge < -0.3 is 19.9 Å². The van der Waals surface area contributed by atoms with Crippen molar-refractivity contribution in [3.05, 3.63) is 58.1 Å². The lowest BCUT2D eigenvalue weighted by molar-refractivity contribution is 0.0696. The second-order valence-corrected chi connectivity index (χ2v) is 5.75. The highest BCUT2D eigenvalue weighted by molar-refractivity contribution is 6.05. The van der Waals surface area contributed by atoms with Crippen molar-refractivity contribution >= 4 is 17.6 Å². The van der Waals surface area contributed by atoms with E-state index in [-0.39, 0.29) is 18.1 Å². The van der Waals surface area contributed by atoms with Gasteiger partial charge in [-0.2, -0.15) is 0 Å². The van der Waals surface area contributed by atoms with E-state index in [1.165, 1.54) is 19.2 Å². The number of amides is 1. The number of nitrogens with one attached hydrogen (secondary N) is 1. The molecule has 0 spiro atoms. The molecule has 0 aliphatic rings. The zero-order valence-electron chi connectivity index (χ0n) is 14.7. The van der Waals surface area contributed by atoms with E-state index in [0.717, 1.165) is 16.9 Å². The summed E-state index contributed by atoms with van der Waals surface area (Å²) in [7, 11) is 3.11. The average molecular weight is 343 g/mol. The average Bonchev–Trinajstić information content (AvgIpc) is 2.54. The second kappa shape index (κ2) is 7.81. The molecule has 0 aliphatic heterocycles. The first-order valence-corrected chi connectivity index (χ1v) is 7.68. The Labute approximate surface area is 146 Å². The van der Waals surface area contributed by atoms with Gasteiger partial charge in [-0.05, 0) is 60.9 Å². The molecule has 0 saturated carbocycles. The first-order valence-electron chi connectivity index (χ1n) is 7.68. The third-order valence-corrected chi connectivity index (χ3v) is 3.74. The highest BCUT2D eigenvalue weighted by Crippen LogP contribution is 2.25. The van der Waals surface area contributed by atoms with Crippen LogP contribution in [0.25, 0.3) is 0 Å². The Morgan fingerprint density at radius 1 is 1.00 bits per heavy atom. The van der Waals surface area contributed by atoms with Crippen LogP contribution in [-0.2, 0) is 11.3 Å². The summed E-state index contributed by atoms with van der Waals surface area (Å²) in [5, 5.41) is 12.0. The summed E-state index contributed by atoms with van der Waals surface area (Å²) in [5.74, 6) is -0.642. The van der Waals surface area contributed by atoms with Gasteiger partial charge in [0.05, 0.1) is 19.3 Å². The van der Waals surface area contributed by atoms with Crippen LogP contribution in [-0.4, -0.2) is 31.2 Å². The van der Waals surface area contributed by atoms with Crippen molar-refractivity contribution in [3.63, 3.8) is 0 Å². The quantitative estimate of drug-likeness (QED) is 0.839. The molecule has 0 aliphatic carbocycles. The molecule has 1 amide bonds. The lowest BCUT2D eigenvalue weighted by Crippen LogP contribution is -2.14. The molecule has 6 nitrogen and oxygen atoms in total. The van der Waals surface area contributed by atoms with Crippen molar-refractivity contribution in [3.8, 4) is 5.75 Å². The molecular weight excluding hydrogens is 322 g/mol. The number of hydrogen-bond acceptors (Lipinski definition) is 4. The number of carbonyl (C=O) groups excluding carboxylic acids is 1. The summed E-state index contributed by atoms with van der Waals surface area (Å²) >= 11 is 0. The van der Waals surface area contributed by atoms with E-state index < -0.39 is 5.97 Å². The third kappa shape index (κ3) is 4.36. The number of anilines is 1. The van der Waals surface area contributed by atoms with Crippen LogP contribution in [0, 0.1) is 13.8 Å². The summed E-state index contributed by atoms with van der Waals surface area (Å²) in [6.07, 6.45) is 0. The zero-order valence-corrected chi connectivity index (χ0v) is 14.7. The summed E-state index contributed by atoms with van der Waals surface area (Å²) in [6, 6.07) is 8.10. The molecule has 2 aromatic carbocycles. The van der Waals surface area contributed by atoms with Crippen LogP contribution in [0.15, 0.2) is 30.3 Å². The number of ether oxygens (including phenoxy) is 2. The van der Waals surface area contributed by atoms with E-state index in [0.29, 0.717) is 16.8 Å². The van der Waals surface area contributed by atoms with Gasteiger partial charge in [0.1, 0.15) is 5.75 Å². The summed E-state index contributed by atoms with van der Waals surface area (Å²) in [4.78, 5) is 23.8. The monoisotopic (exact) mass is 343 g/mol. The molecule has 2 N–H and O–H groups in total. The van der Waals surface area contributed by atoms with Crippen molar-refractivity contribution in [2.45, 2.75) is 20.5 Å². The molecule has 25 heavy (non-hydrogen) atoms. The van der Waals surface area contributed by atoms with Crippen molar-refractivity contribution in [1.29, 1.82) is 0 Å². The smallest absolute Gasteiger partial charge is 0.335 e. The summed E-state index contributed by atoms with van der Waals surface area (Å²) in [5.41, 5.74) is 3.35. The Hall–Kier alpha value is -2.86. The van der Waals surface area contributed by atoms with Crippen LogP contribution in [0.4, 0.5) is 5.69 Å². The highest BCUT2D eigenvalue weighted by Gasteiger charge is 2.13. The Kier molecular flexibility index (Phi) is 5.77. The molecule has 6 heteroatoms. The van der Waals surface area contributed by atoms with Crippen LogP contribution in [0.3, 0.4) is 0 Å². The van der Waals surface area contributed by atoms with Gasteiger partial charge in [-0.1, -0.05) is 0 Å². The van der Waals surface area contributed by atoms with Crippen molar-refractivity contribution in [2.24, 2.45) is 0 Å². The molecule has 0 heterocycles. The molecule has 0 saturated heterocycles. The number of rotatable bonds is 6. The van der Waals surface area contributed by atoms with Crippen molar-refractivity contribution in [2.75, 3.05) is 19.5 Å². The molecule has 0 radical (unpaired) electrons. The first-order chi connectivity index (χ1) is 11.8. The fourth-order valence-electron chi connectivity index (χ4n) is 2.74. The first kappa shape index (κ1) is 18.5. The van der Waals surface area contributed by atoms with Crippen molar-refractivity contribution < 1.29 is 24.2 Å². The normalized spacial score (nSPS) is 10.4. The lowest BCUT2D eigenvalue weighted by atomic mass is 10.0. The minimum absolute atomic E-state index is 0.0898. The van der Waals surface area contributed by atoms with Gasteiger partial charge in [0.25, 0.3) is 5.91 Å². The maximum absolute atomic E-state index is 12.5. The van der Waals surface area contributed by atoms with E-state index in [1.807, 2.05) is 13.8 Å². The topological polar surface area (TPSA) is 84.9 Å². The number of methoxy groups -OCH3 is 2. The third-order valence-electron chi connectivity index (χ3n) is 3.74. The molecule has 132 valence electrons. The fourth-order valence-corrected chi connectivity index (χ4v) is 2.74. The van der Waals surface area contributed by atoms with Crippen LogP contribution >= 0.6 is 0 Å². The van der Waals surface area contributed by atoms with Gasteiger partial charge in [-0.25, -0.2) is 4.79 Å². The van der Waals surface area contributed by atoms with Crippen LogP contribution in [0.5, 0.6) is 5.75 Å². The predicted molar refractivity (Wildman–Crippen MR) is 94.5 cm³/mol. The molecule has 0 aromatic heterocycles. The largest absolute Gasteiger partial charge is 0.496 e. The number of benzene rings is 2. The molecular formula is C19H21NO5. The maximum atomic E-state index is 12.5. The Bertz CT molecular complexity index is 790. The fraction of sp³-hybridized carbons (Fsp3) is 0.263. The molecule has 2 aromatic rings.